The first-order chi connectivity index (χ1) is 18.6. The summed E-state index contributed by atoms with van der Waals surface area (Å²) in [6, 6.07) is 48.3. The SMILES string of the molecule is CC(N)Cc1cccc(/C=C\c2cccc(C[P+](c3ccccc3)(c3ccccc3)c3ccccc3)c2)n1. The van der Waals surface area contributed by atoms with Gasteiger partial charge in [-0.1, -0.05) is 84.9 Å². The first kappa shape index (κ1) is 25.8. The van der Waals surface area contributed by atoms with Crippen molar-refractivity contribution in [3.8, 4) is 0 Å². The zero-order valence-electron chi connectivity index (χ0n) is 21.8. The van der Waals surface area contributed by atoms with Gasteiger partial charge in [-0.25, -0.2) is 0 Å². The van der Waals surface area contributed by atoms with Crippen LogP contribution < -0.4 is 21.6 Å². The van der Waals surface area contributed by atoms with Gasteiger partial charge in [0.05, 0.1) is 11.9 Å². The highest BCUT2D eigenvalue weighted by atomic mass is 31.2. The van der Waals surface area contributed by atoms with E-state index in [9.17, 15) is 0 Å². The Bertz CT molecular complexity index is 1380. The van der Waals surface area contributed by atoms with Gasteiger partial charge < -0.3 is 5.73 Å². The van der Waals surface area contributed by atoms with Crippen molar-refractivity contribution in [3.63, 3.8) is 0 Å². The van der Waals surface area contributed by atoms with Crippen molar-refractivity contribution < 1.29 is 0 Å². The summed E-state index contributed by atoms with van der Waals surface area (Å²) in [6.07, 6.45) is 5.99. The Morgan fingerprint density at radius 3 is 1.76 bits per heavy atom. The predicted molar refractivity (Wildman–Crippen MR) is 166 cm³/mol. The van der Waals surface area contributed by atoms with Crippen LogP contribution in [0.5, 0.6) is 0 Å². The Balaban J connectivity index is 1.54. The Morgan fingerprint density at radius 1 is 0.658 bits per heavy atom. The lowest BCUT2D eigenvalue weighted by Gasteiger charge is -2.28. The van der Waals surface area contributed by atoms with Crippen molar-refractivity contribution in [2.45, 2.75) is 25.5 Å². The molecule has 1 atom stereocenters. The maximum atomic E-state index is 5.98. The molecule has 38 heavy (non-hydrogen) atoms. The van der Waals surface area contributed by atoms with Crippen LogP contribution >= 0.6 is 7.26 Å². The van der Waals surface area contributed by atoms with Gasteiger partial charge in [0.1, 0.15) is 23.2 Å². The van der Waals surface area contributed by atoms with Crippen molar-refractivity contribution in [2.75, 3.05) is 0 Å². The lowest BCUT2D eigenvalue weighted by Crippen LogP contribution is -2.32. The third-order valence-electron chi connectivity index (χ3n) is 6.77. The molecule has 0 amide bonds. The van der Waals surface area contributed by atoms with Crippen molar-refractivity contribution in [2.24, 2.45) is 5.73 Å². The number of hydrogen-bond acceptors (Lipinski definition) is 2. The summed E-state index contributed by atoms with van der Waals surface area (Å²) in [5.41, 5.74) is 10.5. The number of rotatable bonds is 9. The summed E-state index contributed by atoms with van der Waals surface area (Å²) in [4.78, 5) is 4.77. The molecule has 2 N–H and O–H groups in total. The van der Waals surface area contributed by atoms with Crippen LogP contribution in [-0.4, -0.2) is 11.0 Å². The second-order valence-corrected chi connectivity index (χ2v) is 13.3. The molecule has 0 saturated heterocycles. The Morgan fingerprint density at radius 2 is 1.21 bits per heavy atom. The van der Waals surface area contributed by atoms with Gasteiger partial charge in [0.25, 0.3) is 0 Å². The minimum Gasteiger partial charge on any atom is -0.328 e. The van der Waals surface area contributed by atoms with Crippen LogP contribution in [0.2, 0.25) is 0 Å². The Kier molecular flexibility index (Phi) is 8.24. The Hall–Kier alpha value is -3.84. The number of nitrogens with zero attached hydrogens (tertiary/aromatic N) is 1. The van der Waals surface area contributed by atoms with E-state index in [2.05, 4.69) is 133 Å². The van der Waals surface area contributed by atoms with Crippen LogP contribution in [-0.2, 0) is 12.6 Å². The van der Waals surface area contributed by atoms with Gasteiger partial charge in [0.15, 0.2) is 0 Å². The molecule has 5 aromatic rings. The fourth-order valence-corrected chi connectivity index (χ4v) is 9.28. The monoisotopic (exact) mass is 513 g/mol. The van der Waals surface area contributed by atoms with Crippen LogP contribution in [0.1, 0.15) is 29.4 Å². The molecule has 5 rings (SSSR count). The molecule has 0 aliphatic heterocycles. The average Bonchev–Trinajstić information content (AvgIpc) is 2.96. The molecule has 1 heterocycles. The van der Waals surface area contributed by atoms with Gasteiger partial charge in [-0.15, -0.1) is 0 Å². The zero-order chi connectivity index (χ0) is 26.2. The van der Waals surface area contributed by atoms with Gasteiger partial charge in [0, 0.05) is 18.2 Å². The maximum Gasteiger partial charge on any atom is 0.116 e. The van der Waals surface area contributed by atoms with Crippen LogP contribution in [0, 0.1) is 0 Å². The molecule has 3 heteroatoms. The van der Waals surface area contributed by atoms with E-state index in [-0.39, 0.29) is 6.04 Å². The van der Waals surface area contributed by atoms with Crippen LogP contribution in [0.15, 0.2) is 133 Å². The molecule has 1 unspecified atom stereocenters. The zero-order valence-corrected chi connectivity index (χ0v) is 22.7. The fraction of sp³-hybridized carbons (Fsp3) is 0.114. The normalized spacial score (nSPS) is 12.5. The fourth-order valence-electron chi connectivity index (χ4n) is 5.05. The van der Waals surface area contributed by atoms with Gasteiger partial charge in [-0.05, 0) is 78.7 Å². The van der Waals surface area contributed by atoms with E-state index in [1.807, 2.05) is 19.1 Å². The molecule has 1 aromatic heterocycles. The van der Waals surface area contributed by atoms with E-state index in [0.29, 0.717) is 0 Å². The minimum atomic E-state index is -1.94. The Labute approximate surface area is 227 Å². The molecule has 0 spiro atoms. The highest BCUT2D eigenvalue weighted by molar-refractivity contribution is 7.95. The van der Waals surface area contributed by atoms with E-state index in [1.165, 1.54) is 27.0 Å². The highest BCUT2D eigenvalue weighted by Crippen LogP contribution is 2.58. The highest BCUT2D eigenvalue weighted by Gasteiger charge is 2.45. The third-order valence-corrected chi connectivity index (χ3v) is 11.1. The van der Waals surface area contributed by atoms with Gasteiger partial charge in [-0.3, -0.25) is 4.98 Å². The molecule has 188 valence electrons. The first-order valence-electron chi connectivity index (χ1n) is 13.2. The standard InChI is InChI=1S/C35H34N2P/c1-28(36)25-32-16-12-15-31(37-32)24-23-29-13-11-14-30(26-29)27-38(33-17-5-2-6-18-33,34-19-7-3-8-20-34)35-21-9-4-10-22-35/h2-24,26,28H,25,27,36H2,1H3/q+1/b24-23-. The van der Waals surface area contributed by atoms with Crippen molar-refractivity contribution in [3.05, 3.63) is 156 Å². The molecule has 0 aliphatic carbocycles. The number of pyridine rings is 1. The lowest BCUT2D eigenvalue weighted by atomic mass is 10.1. The minimum absolute atomic E-state index is 0.0980. The van der Waals surface area contributed by atoms with Crippen LogP contribution in [0.3, 0.4) is 0 Å². The molecule has 0 saturated carbocycles. The van der Waals surface area contributed by atoms with Crippen LogP contribution in [0.4, 0.5) is 0 Å². The molecular weight excluding hydrogens is 479 g/mol. The van der Waals surface area contributed by atoms with Gasteiger partial charge in [-0.2, -0.15) is 0 Å². The lowest BCUT2D eigenvalue weighted by molar-refractivity contribution is 0.721. The van der Waals surface area contributed by atoms with Gasteiger partial charge in [0.2, 0.25) is 0 Å². The second kappa shape index (κ2) is 12.1. The van der Waals surface area contributed by atoms with E-state index in [4.69, 9.17) is 10.7 Å². The van der Waals surface area contributed by atoms with E-state index < -0.39 is 7.26 Å². The smallest absolute Gasteiger partial charge is 0.116 e. The molecule has 0 bridgehead atoms. The van der Waals surface area contributed by atoms with Gasteiger partial charge >= 0.3 is 0 Å². The average molecular weight is 514 g/mol. The van der Waals surface area contributed by atoms with Crippen molar-refractivity contribution >= 4 is 35.3 Å². The van der Waals surface area contributed by atoms with E-state index in [1.54, 1.807) is 0 Å². The van der Waals surface area contributed by atoms with Crippen LogP contribution in [0.25, 0.3) is 12.2 Å². The number of aromatic nitrogens is 1. The molecular formula is C35H34N2P+. The molecule has 4 aromatic carbocycles. The number of hydrogen-bond donors (Lipinski definition) is 1. The number of nitrogens with two attached hydrogens (primary N) is 1. The van der Waals surface area contributed by atoms with E-state index in [0.717, 1.165) is 24.0 Å². The summed E-state index contributed by atoms with van der Waals surface area (Å²) in [7, 11) is -1.94. The summed E-state index contributed by atoms with van der Waals surface area (Å²) in [5.74, 6) is 0. The topological polar surface area (TPSA) is 38.9 Å². The summed E-state index contributed by atoms with van der Waals surface area (Å²) in [6.45, 7) is 2.01. The first-order valence-corrected chi connectivity index (χ1v) is 15.1. The molecule has 0 fully saturated rings. The largest absolute Gasteiger partial charge is 0.328 e. The maximum absolute atomic E-state index is 5.98. The summed E-state index contributed by atoms with van der Waals surface area (Å²) < 4.78 is 0. The summed E-state index contributed by atoms with van der Waals surface area (Å²) >= 11 is 0. The molecule has 2 nitrogen and oxygen atoms in total. The summed E-state index contributed by atoms with van der Waals surface area (Å²) in [5, 5.41) is 4.19. The molecule has 0 aliphatic rings. The van der Waals surface area contributed by atoms with Crippen molar-refractivity contribution in [1.82, 2.24) is 4.98 Å². The molecule has 0 radical (unpaired) electrons. The predicted octanol–water partition coefficient (Wildman–Crippen LogP) is 6.64. The second-order valence-electron chi connectivity index (χ2n) is 9.79. The van der Waals surface area contributed by atoms with E-state index >= 15 is 0 Å². The third kappa shape index (κ3) is 6.00. The van der Waals surface area contributed by atoms with Crippen molar-refractivity contribution in [1.29, 1.82) is 0 Å². The number of benzene rings is 4. The quantitative estimate of drug-likeness (QED) is 0.225.